The van der Waals surface area contributed by atoms with Crippen LogP contribution < -0.4 is 5.32 Å². The van der Waals surface area contributed by atoms with Crippen molar-refractivity contribution >= 4 is 12.4 Å². The van der Waals surface area contributed by atoms with E-state index in [1.165, 1.54) is 12.8 Å². The molecule has 2 rings (SSSR count). The van der Waals surface area contributed by atoms with Crippen LogP contribution in [0.2, 0.25) is 0 Å². The number of nitrogens with zero attached hydrogens (tertiary/aromatic N) is 2. The molecule has 0 aliphatic carbocycles. The van der Waals surface area contributed by atoms with Crippen molar-refractivity contribution < 1.29 is 4.42 Å². The van der Waals surface area contributed by atoms with Crippen LogP contribution in [-0.2, 0) is 6.42 Å². The number of aryl methyl sites for hydroxylation is 1. The van der Waals surface area contributed by atoms with Gasteiger partial charge in [0, 0.05) is 13.3 Å². The van der Waals surface area contributed by atoms with Crippen LogP contribution in [0.3, 0.4) is 0 Å². The van der Waals surface area contributed by atoms with Crippen molar-refractivity contribution in [2.75, 3.05) is 13.1 Å². The van der Waals surface area contributed by atoms with Crippen molar-refractivity contribution in [3.05, 3.63) is 11.8 Å². The zero-order valence-electron chi connectivity index (χ0n) is 8.32. The van der Waals surface area contributed by atoms with Gasteiger partial charge in [-0.2, -0.15) is 0 Å². The molecular formula is C9H16ClN3O. The Bertz CT molecular complexity index is 271. The smallest absolute Gasteiger partial charge is 0.216 e. The van der Waals surface area contributed by atoms with Crippen molar-refractivity contribution in [2.24, 2.45) is 5.92 Å². The maximum absolute atomic E-state index is 5.34. The number of nitrogens with one attached hydrogen (secondary N) is 1. The Morgan fingerprint density at radius 1 is 1.36 bits per heavy atom. The van der Waals surface area contributed by atoms with Crippen molar-refractivity contribution in [2.45, 2.75) is 26.2 Å². The molecule has 1 saturated heterocycles. The van der Waals surface area contributed by atoms with Crippen molar-refractivity contribution in [1.82, 2.24) is 15.5 Å². The lowest BCUT2D eigenvalue weighted by Crippen LogP contribution is -2.28. The Kier molecular flexibility index (Phi) is 4.35. The summed E-state index contributed by atoms with van der Waals surface area (Å²) in [5, 5.41) is 11.2. The summed E-state index contributed by atoms with van der Waals surface area (Å²) in [4.78, 5) is 0. The highest BCUT2D eigenvalue weighted by Crippen LogP contribution is 2.16. The second-order valence-electron chi connectivity index (χ2n) is 3.61. The van der Waals surface area contributed by atoms with Crippen LogP contribution in [0.15, 0.2) is 4.42 Å². The molecule has 14 heavy (non-hydrogen) atoms. The van der Waals surface area contributed by atoms with Gasteiger partial charge in [0.1, 0.15) is 0 Å². The molecule has 1 fully saturated rings. The fraction of sp³-hybridized carbons (Fsp3) is 0.778. The second kappa shape index (κ2) is 5.32. The molecule has 0 atom stereocenters. The quantitative estimate of drug-likeness (QED) is 0.813. The van der Waals surface area contributed by atoms with Gasteiger partial charge in [-0.1, -0.05) is 0 Å². The number of halogens is 1. The van der Waals surface area contributed by atoms with Gasteiger partial charge in [0.25, 0.3) is 0 Å². The molecule has 0 saturated carbocycles. The molecule has 1 aliphatic heterocycles. The van der Waals surface area contributed by atoms with Gasteiger partial charge >= 0.3 is 0 Å². The predicted molar refractivity (Wildman–Crippen MR) is 55.6 cm³/mol. The van der Waals surface area contributed by atoms with E-state index in [1.54, 1.807) is 0 Å². The van der Waals surface area contributed by atoms with E-state index in [9.17, 15) is 0 Å². The maximum Gasteiger partial charge on any atom is 0.216 e. The highest BCUT2D eigenvalue weighted by molar-refractivity contribution is 5.85. The Balaban J connectivity index is 0.000000980. The summed E-state index contributed by atoms with van der Waals surface area (Å²) in [6, 6.07) is 0. The Morgan fingerprint density at radius 3 is 2.64 bits per heavy atom. The Hall–Kier alpha value is -0.610. The zero-order valence-corrected chi connectivity index (χ0v) is 9.14. The van der Waals surface area contributed by atoms with Crippen LogP contribution in [-0.4, -0.2) is 23.3 Å². The SMILES string of the molecule is Cc1nnc(CC2CCNCC2)o1.Cl. The lowest BCUT2D eigenvalue weighted by molar-refractivity contribution is 0.338. The van der Waals surface area contributed by atoms with E-state index in [0.29, 0.717) is 5.89 Å². The molecule has 0 aromatic carbocycles. The summed E-state index contributed by atoms with van der Waals surface area (Å²) in [5.41, 5.74) is 0. The highest BCUT2D eigenvalue weighted by atomic mass is 35.5. The third-order valence-electron chi connectivity index (χ3n) is 2.49. The normalized spacial score (nSPS) is 17.8. The topological polar surface area (TPSA) is 51.0 Å². The van der Waals surface area contributed by atoms with Crippen LogP contribution in [0, 0.1) is 12.8 Å². The maximum atomic E-state index is 5.34. The second-order valence-corrected chi connectivity index (χ2v) is 3.61. The minimum Gasteiger partial charge on any atom is -0.426 e. The molecule has 1 N–H and O–H groups in total. The van der Waals surface area contributed by atoms with E-state index >= 15 is 0 Å². The number of piperidine rings is 1. The number of rotatable bonds is 2. The van der Waals surface area contributed by atoms with Gasteiger partial charge in [-0.05, 0) is 31.8 Å². The van der Waals surface area contributed by atoms with E-state index < -0.39 is 0 Å². The molecule has 80 valence electrons. The van der Waals surface area contributed by atoms with E-state index in [2.05, 4.69) is 15.5 Å². The molecule has 0 spiro atoms. The molecule has 0 bridgehead atoms. The van der Waals surface area contributed by atoms with Gasteiger partial charge in [-0.25, -0.2) is 0 Å². The van der Waals surface area contributed by atoms with E-state index in [0.717, 1.165) is 31.3 Å². The molecule has 2 heterocycles. The molecule has 0 radical (unpaired) electrons. The first kappa shape index (κ1) is 11.5. The fourth-order valence-corrected chi connectivity index (χ4v) is 1.75. The molecule has 1 aromatic rings. The summed E-state index contributed by atoms with van der Waals surface area (Å²) in [6.45, 7) is 4.08. The van der Waals surface area contributed by atoms with Crippen LogP contribution >= 0.6 is 12.4 Å². The summed E-state index contributed by atoms with van der Waals surface area (Å²) >= 11 is 0. The van der Waals surface area contributed by atoms with E-state index in [1.807, 2.05) is 6.92 Å². The molecular weight excluding hydrogens is 202 g/mol. The lowest BCUT2D eigenvalue weighted by atomic mass is 9.95. The monoisotopic (exact) mass is 217 g/mol. The minimum absolute atomic E-state index is 0. The van der Waals surface area contributed by atoms with Gasteiger partial charge in [0.2, 0.25) is 11.8 Å². The van der Waals surface area contributed by atoms with Crippen LogP contribution in [0.5, 0.6) is 0 Å². The largest absolute Gasteiger partial charge is 0.426 e. The van der Waals surface area contributed by atoms with Crippen LogP contribution in [0.25, 0.3) is 0 Å². The molecule has 0 unspecified atom stereocenters. The van der Waals surface area contributed by atoms with Crippen LogP contribution in [0.1, 0.15) is 24.6 Å². The molecule has 1 aromatic heterocycles. The minimum atomic E-state index is 0. The summed E-state index contributed by atoms with van der Waals surface area (Å²) in [5.74, 6) is 2.19. The lowest BCUT2D eigenvalue weighted by Gasteiger charge is -2.20. The summed E-state index contributed by atoms with van der Waals surface area (Å²) in [6.07, 6.45) is 3.39. The third kappa shape index (κ3) is 2.96. The number of hydrogen-bond donors (Lipinski definition) is 1. The van der Waals surface area contributed by atoms with E-state index in [4.69, 9.17) is 4.42 Å². The molecule has 1 aliphatic rings. The molecule has 4 nitrogen and oxygen atoms in total. The summed E-state index contributed by atoms with van der Waals surface area (Å²) < 4.78 is 5.34. The van der Waals surface area contributed by atoms with Crippen molar-refractivity contribution in [3.63, 3.8) is 0 Å². The van der Waals surface area contributed by atoms with Gasteiger partial charge in [0.15, 0.2) is 0 Å². The van der Waals surface area contributed by atoms with Crippen molar-refractivity contribution in [1.29, 1.82) is 0 Å². The first-order chi connectivity index (χ1) is 6.34. The summed E-state index contributed by atoms with van der Waals surface area (Å²) in [7, 11) is 0. The Labute approximate surface area is 89.9 Å². The molecule has 0 amide bonds. The highest BCUT2D eigenvalue weighted by Gasteiger charge is 2.16. The van der Waals surface area contributed by atoms with Gasteiger partial charge in [0.05, 0.1) is 0 Å². The van der Waals surface area contributed by atoms with Gasteiger partial charge < -0.3 is 9.73 Å². The van der Waals surface area contributed by atoms with Crippen molar-refractivity contribution in [3.8, 4) is 0 Å². The predicted octanol–water partition coefficient (Wildman–Crippen LogP) is 1.34. The standard InChI is InChI=1S/C9H15N3O.ClH/c1-7-11-12-9(13-7)6-8-2-4-10-5-3-8;/h8,10H,2-6H2,1H3;1H. The average Bonchev–Trinajstić information content (AvgIpc) is 2.53. The number of hydrogen-bond acceptors (Lipinski definition) is 4. The van der Waals surface area contributed by atoms with Gasteiger partial charge in [-0.3, -0.25) is 0 Å². The van der Waals surface area contributed by atoms with E-state index in [-0.39, 0.29) is 12.4 Å². The average molecular weight is 218 g/mol. The van der Waals surface area contributed by atoms with Crippen LogP contribution in [0.4, 0.5) is 0 Å². The first-order valence-corrected chi connectivity index (χ1v) is 4.84. The third-order valence-corrected chi connectivity index (χ3v) is 2.49. The van der Waals surface area contributed by atoms with Gasteiger partial charge in [-0.15, -0.1) is 22.6 Å². The number of aromatic nitrogens is 2. The Morgan fingerprint density at radius 2 is 2.07 bits per heavy atom. The zero-order chi connectivity index (χ0) is 9.10. The fourth-order valence-electron chi connectivity index (χ4n) is 1.75. The first-order valence-electron chi connectivity index (χ1n) is 4.84. The molecule has 5 heteroatoms.